The zero-order chi connectivity index (χ0) is 21.5. The number of hydrogen-bond acceptors (Lipinski definition) is 4. The van der Waals surface area contributed by atoms with Gasteiger partial charge in [-0.3, -0.25) is 9.69 Å². The summed E-state index contributed by atoms with van der Waals surface area (Å²) in [6, 6.07) is 3.85. The Morgan fingerprint density at radius 2 is 1.73 bits per heavy atom. The first kappa shape index (κ1) is 22.6. The van der Waals surface area contributed by atoms with E-state index in [1.54, 1.807) is 14.2 Å². The van der Waals surface area contributed by atoms with Gasteiger partial charge >= 0.3 is 0 Å². The number of allylic oxidation sites excluding steroid dienone is 2. The number of piperidine rings is 1. The number of likely N-dealkylation sites (tertiary alicyclic amines) is 1. The molecule has 0 spiro atoms. The molecule has 4 heteroatoms. The van der Waals surface area contributed by atoms with Crippen LogP contribution in [0.5, 0.6) is 11.5 Å². The van der Waals surface area contributed by atoms with Crippen LogP contribution >= 0.6 is 0 Å². The van der Waals surface area contributed by atoms with Gasteiger partial charge in [0.2, 0.25) is 0 Å². The highest BCUT2D eigenvalue weighted by Crippen LogP contribution is 2.39. The van der Waals surface area contributed by atoms with Crippen LogP contribution in [0.1, 0.15) is 61.9 Å². The molecule has 4 nitrogen and oxygen atoms in total. The number of hydrogen-bond donors (Lipinski definition) is 0. The van der Waals surface area contributed by atoms with E-state index in [2.05, 4.69) is 23.1 Å². The SMILES string of the molecule is CC.COc1cc2c(cc1OC)C(=O)C(CC1CCN(CC3=CCCC=C3)CC1)C2. The number of fused-ring (bicyclic) bond motifs is 1. The Morgan fingerprint density at radius 1 is 1.03 bits per heavy atom. The number of rotatable bonds is 6. The van der Waals surface area contributed by atoms with Crippen molar-refractivity contribution in [2.45, 2.75) is 52.4 Å². The molecule has 0 amide bonds. The molecule has 0 bridgehead atoms. The summed E-state index contributed by atoms with van der Waals surface area (Å²) in [4.78, 5) is 15.5. The fourth-order valence-corrected chi connectivity index (χ4v) is 4.91. The van der Waals surface area contributed by atoms with Gasteiger partial charge in [0.15, 0.2) is 17.3 Å². The minimum absolute atomic E-state index is 0.118. The zero-order valence-corrected chi connectivity index (χ0v) is 19.1. The molecule has 3 aliphatic rings. The van der Waals surface area contributed by atoms with Gasteiger partial charge in [0.1, 0.15) is 0 Å². The highest BCUT2D eigenvalue weighted by atomic mass is 16.5. The van der Waals surface area contributed by atoms with E-state index in [0.717, 1.165) is 43.6 Å². The Balaban J connectivity index is 0.00000124. The average Bonchev–Trinajstić information content (AvgIpc) is 3.10. The molecule has 0 N–H and O–H groups in total. The highest BCUT2D eigenvalue weighted by molar-refractivity contribution is 6.02. The minimum atomic E-state index is 0.118. The quantitative estimate of drug-likeness (QED) is 0.623. The van der Waals surface area contributed by atoms with E-state index >= 15 is 0 Å². The molecule has 1 aliphatic heterocycles. The van der Waals surface area contributed by atoms with Crippen molar-refractivity contribution in [1.82, 2.24) is 4.90 Å². The first-order valence-electron chi connectivity index (χ1n) is 11.5. The van der Waals surface area contributed by atoms with E-state index in [9.17, 15) is 4.79 Å². The minimum Gasteiger partial charge on any atom is -0.493 e. The summed E-state index contributed by atoms with van der Waals surface area (Å²) in [5, 5.41) is 0. The molecule has 1 heterocycles. The number of carbonyl (C=O) groups is 1. The Kier molecular flexibility index (Phi) is 8.15. The second kappa shape index (κ2) is 10.8. The number of methoxy groups -OCH3 is 2. The summed E-state index contributed by atoms with van der Waals surface area (Å²) in [7, 11) is 3.26. The van der Waals surface area contributed by atoms with Gasteiger partial charge in [-0.1, -0.05) is 32.1 Å². The summed E-state index contributed by atoms with van der Waals surface area (Å²) < 4.78 is 10.8. The van der Waals surface area contributed by atoms with E-state index in [4.69, 9.17) is 9.47 Å². The monoisotopic (exact) mass is 411 g/mol. The van der Waals surface area contributed by atoms with Crippen molar-refractivity contribution in [2.24, 2.45) is 11.8 Å². The maximum Gasteiger partial charge on any atom is 0.166 e. The summed E-state index contributed by atoms with van der Waals surface area (Å²) >= 11 is 0. The smallest absolute Gasteiger partial charge is 0.166 e. The molecule has 1 fully saturated rings. The largest absolute Gasteiger partial charge is 0.493 e. The van der Waals surface area contributed by atoms with Crippen molar-refractivity contribution in [3.05, 3.63) is 47.1 Å². The van der Waals surface area contributed by atoms with Gasteiger partial charge in [-0.15, -0.1) is 0 Å². The highest BCUT2D eigenvalue weighted by Gasteiger charge is 2.34. The second-order valence-corrected chi connectivity index (χ2v) is 8.34. The lowest BCUT2D eigenvalue weighted by Crippen LogP contribution is -2.35. The van der Waals surface area contributed by atoms with E-state index in [-0.39, 0.29) is 11.7 Å². The van der Waals surface area contributed by atoms with Crippen molar-refractivity contribution < 1.29 is 14.3 Å². The van der Waals surface area contributed by atoms with Gasteiger partial charge in [-0.05, 0) is 80.8 Å². The van der Waals surface area contributed by atoms with Gasteiger partial charge < -0.3 is 9.47 Å². The lowest BCUT2D eigenvalue weighted by molar-refractivity contribution is 0.0900. The molecule has 0 saturated carbocycles. The fraction of sp³-hybridized carbons (Fsp3) is 0.577. The maximum absolute atomic E-state index is 12.9. The molecule has 164 valence electrons. The van der Waals surface area contributed by atoms with Gasteiger partial charge in [-0.2, -0.15) is 0 Å². The normalized spacial score (nSPS) is 21.5. The van der Waals surface area contributed by atoms with E-state index < -0.39 is 0 Å². The van der Waals surface area contributed by atoms with Crippen molar-refractivity contribution in [3.8, 4) is 11.5 Å². The molecule has 2 aliphatic carbocycles. The maximum atomic E-state index is 12.9. The standard InChI is InChI=1S/C24H31NO3.C2H6/c1-27-22-14-19-13-20(24(26)21(19)15-23(22)28-2)12-17-8-10-25(11-9-17)16-18-6-4-3-5-7-18;1-2/h4,6-7,14-15,17,20H,3,5,8-13,16H2,1-2H3;1-2H3. The predicted octanol–water partition coefficient (Wildman–Crippen LogP) is 5.46. The van der Waals surface area contributed by atoms with Crippen molar-refractivity contribution in [3.63, 3.8) is 0 Å². The van der Waals surface area contributed by atoms with Crippen LogP contribution in [0.15, 0.2) is 35.9 Å². The molecule has 0 radical (unpaired) electrons. The molecule has 30 heavy (non-hydrogen) atoms. The van der Waals surface area contributed by atoms with Gasteiger partial charge in [0, 0.05) is 18.0 Å². The van der Waals surface area contributed by atoms with E-state index in [0.29, 0.717) is 17.4 Å². The molecule has 1 aromatic carbocycles. The average molecular weight is 412 g/mol. The van der Waals surface area contributed by atoms with Crippen LogP contribution in [0.25, 0.3) is 0 Å². The lowest BCUT2D eigenvalue weighted by Gasteiger charge is -2.33. The Morgan fingerprint density at radius 3 is 2.37 bits per heavy atom. The Hall–Kier alpha value is -2.07. The number of Topliss-reactive ketones (excluding diaryl/α,β-unsaturated/α-hetero) is 1. The van der Waals surface area contributed by atoms with Crippen molar-refractivity contribution >= 4 is 5.78 Å². The van der Waals surface area contributed by atoms with Crippen LogP contribution in [-0.4, -0.2) is 44.5 Å². The number of benzene rings is 1. The topological polar surface area (TPSA) is 38.8 Å². The molecule has 1 atom stereocenters. The van der Waals surface area contributed by atoms with Crippen LogP contribution < -0.4 is 9.47 Å². The van der Waals surface area contributed by atoms with Crippen molar-refractivity contribution in [1.29, 1.82) is 0 Å². The number of ketones is 1. The number of nitrogens with zero attached hydrogens (tertiary/aromatic N) is 1. The molecular weight excluding hydrogens is 374 g/mol. The first-order valence-corrected chi connectivity index (χ1v) is 11.5. The van der Waals surface area contributed by atoms with Gasteiger partial charge in [0.05, 0.1) is 14.2 Å². The van der Waals surface area contributed by atoms with Gasteiger partial charge in [-0.25, -0.2) is 0 Å². The third kappa shape index (κ3) is 5.15. The molecule has 0 aromatic heterocycles. The predicted molar refractivity (Wildman–Crippen MR) is 123 cm³/mol. The van der Waals surface area contributed by atoms with Crippen LogP contribution in [0, 0.1) is 11.8 Å². The molecule has 4 rings (SSSR count). The second-order valence-electron chi connectivity index (χ2n) is 8.34. The Labute approximate surface area is 181 Å². The zero-order valence-electron chi connectivity index (χ0n) is 19.1. The summed E-state index contributed by atoms with van der Waals surface area (Å²) in [6.45, 7) is 7.37. The molecule has 1 saturated heterocycles. The third-order valence-corrected chi connectivity index (χ3v) is 6.51. The first-order chi connectivity index (χ1) is 14.7. The fourth-order valence-electron chi connectivity index (χ4n) is 4.91. The Bertz CT molecular complexity index is 788. The van der Waals surface area contributed by atoms with Crippen LogP contribution in [0.3, 0.4) is 0 Å². The van der Waals surface area contributed by atoms with Crippen molar-refractivity contribution in [2.75, 3.05) is 33.9 Å². The number of carbonyl (C=O) groups excluding carboxylic acids is 1. The van der Waals surface area contributed by atoms with Crippen LogP contribution in [0.4, 0.5) is 0 Å². The molecule has 1 aromatic rings. The number of ether oxygens (including phenoxy) is 2. The summed E-state index contributed by atoms with van der Waals surface area (Å²) in [5.41, 5.74) is 3.41. The summed E-state index contributed by atoms with van der Waals surface area (Å²) in [6.07, 6.45) is 13.6. The van der Waals surface area contributed by atoms with E-state index in [1.165, 1.54) is 31.3 Å². The van der Waals surface area contributed by atoms with Gasteiger partial charge in [0.25, 0.3) is 0 Å². The molecule has 1 unspecified atom stereocenters. The molecular formula is C26H37NO3. The van der Waals surface area contributed by atoms with E-state index in [1.807, 2.05) is 26.0 Å². The van der Waals surface area contributed by atoms with Crippen LogP contribution in [-0.2, 0) is 6.42 Å². The summed E-state index contributed by atoms with van der Waals surface area (Å²) in [5.74, 6) is 2.42. The van der Waals surface area contributed by atoms with Crippen LogP contribution in [0.2, 0.25) is 0 Å². The third-order valence-electron chi connectivity index (χ3n) is 6.51. The lowest BCUT2D eigenvalue weighted by atomic mass is 9.85.